The maximum atomic E-state index is 6.05. The summed E-state index contributed by atoms with van der Waals surface area (Å²) in [5.41, 5.74) is 5.50. The van der Waals surface area contributed by atoms with E-state index in [0.717, 1.165) is 57.8 Å². The Labute approximate surface area is 132 Å². The summed E-state index contributed by atoms with van der Waals surface area (Å²) < 4.78 is 18.1. The van der Waals surface area contributed by atoms with Crippen LogP contribution in [0, 0.1) is 0 Å². The summed E-state index contributed by atoms with van der Waals surface area (Å²) in [4.78, 5) is 0. The standard InChI is InChI=1S/C15H36N2O3Si/c1-4-12-18-21(19-13-5-2,20-14-6-3)15-11-17-10-8-7-9-16/h17H,4-16H2,1-3H3. The quantitative estimate of drug-likeness (QED) is 0.338. The van der Waals surface area contributed by atoms with E-state index >= 15 is 0 Å². The van der Waals surface area contributed by atoms with Crippen molar-refractivity contribution < 1.29 is 13.3 Å². The molecule has 21 heavy (non-hydrogen) atoms. The molecule has 0 aromatic rings. The Hall–Kier alpha value is 0.0169. The van der Waals surface area contributed by atoms with Crippen LogP contribution in [0.5, 0.6) is 0 Å². The fourth-order valence-corrected chi connectivity index (χ4v) is 4.59. The van der Waals surface area contributed by atoms with Crippen molar-refractivity contribution in [3.63, 3.8) is 0 Å². The predicted octanol–water partition coefficient (Wildman–Crippen LogP) is 2.53. The molecule has 0 rings (SSSR count). The first-order chi connectivity index (χ1) is 10.2. The van der Waals surface area contributed by atoms with Gasteiger partial charge < -0.3 is 24.3 Å². The van der Waals surface area contributed by atoms with Crippen LogP contribution in [-0.4, -0.2) is 48.3 Å². The van der Waals surface area contributed by atoms with Crippen molar-refractivity contribution in [1.82, 2.24) is 5.32 Å². The van der Waals surface area contributed by atoms with Gasteiger partial charge in [-0.25, -0.2) is 0 Å². The highest BCUT2D eigenvalue weighted by molar-refractivity contribution is 6.60. The number of unbranched alkanes of at least 4 members (excludes halogenated alkanes) is 1. The highest BCUT2D eigenvalue weighted by atomic mass is 28.4. The lowest BCUT2D eigenvalue weighted by Crippen LogP contribution is -2.48. The second kappa shape index (κ2) is 14.9. The van der Waals surface area contributed by atoms with Crippen LogP contribution in [0.2, 0.25) is 6.04 Å². The molecule has 0 bridgehead atoms. The Bertz CT molecular complexity index is 199. The fraction of sp³-hybridized carbons (Fsp3) is 1.00. The lowest BCUT2D eigenvalue weighted by molar-refractivity contribution is 0.0593. The van der Waals surface area contributed by atoms with E-state index < -0.39 is 8.80 Å². The number of hydrogen-bond acceptors (Lipinski definition) is 5. The Morgan fingerprint density at radius 2 is 1.33 bits per heavy atom. The maximum absolute atomic E-state index is 6.05. The number of hydrogen-bond donors (Lipinski definition) is 2. The smallest absolute Gasteiger partial charge is 0.373 e. The molecule has 6 heteroatoms. The zero-order valence-corrected chi connectivity index (χ0v) is 15.3. The molecule has 0 aliphatic rings. The van der Waals surface area contributed by atoms with Gasteiger partial charge in [0.15, 0.2) is 0 Å². The third-order valence-corrected chi connectivity index (χ3v) is 5.79. The van der Waals surface area contributed by atoms with E-state index in [1.807, 2.05) is 0 Å². The second-order valence-corrected chi connectivity index (χ2v) is 7.96. The first-order valence-corrected chi connectivity index (χ1v) is 10.5. The van der Waals surface area contributed by atoms with Crippen molar-refractivity contribution in [2.24, 2.45) is 5.73 Å². The van der Waals surface area contributed by atoms with Gasteiger partial charge in [0.2, 0.25) is 0 Å². The van der Waals surface area contributed by atoms with Crippen LogP contribution in [0.1, 0.15) is 52.9 Å². The molecule has 0 aromatic carbocycles. The van der Waals surface area contributed by atoms with Gasteiger partial charge in [0, 0.05) is 25.9 Å². The molecule has 0 aromatic heterocycles. The molecule has 3 N–H and O–H groups in total. The fourth-order valence-electron chi connectivity index (χ4n) is 1.88. The third-order valence-electron chi connectivity index (χ3n) is 2.99. The van der Waals surface area contributed by atoms with E-state index in [2.05, 4.69) is 26.1 Å². The molecule has 0 saturated carbocycles. The van der Waals surface area contributed by atoms with Crippen molar-refractivity contribution in [2.45, 2.75) is 58.9 Å². The first-order valence-electron chi connectivity index (χ1n) is 8.57. The zero-order valence-electron chi connectivity index (χ0n) is 14.3. The molecule has 0 unspecified atom stereocenters. The molecule has 5 nitrogen and oxygen atoms in total. The normalized spacial score (nSPS) is 12.0. The SMILES string of the molecule is CCCO[Si](CCNCCCCN)(OCCC)OCCC. The van der Waals surface area contributed by atoms with Crippen molar-refractivity contribution in [2.75, 3.05) is 39.5 Å². The Kier molecular flexibility index (Phi) is 14.9. The van der Waals surface area contributed by atoms with Gasteiger partial charge in [0.05, 0.1) is 0 Å². The summed E-state index contributed by atoms with van der Waals surface area (Å²) in [6.45, 7) is 11.1. The molecule has 0 radical (unpaired) electrons. The van der Waals surface area contributed by atoms with Gasteiger partial charge in [-0.2, -0.15) is 0 Å². The molecule has 0 aliphatic heterocycles. The van der Waals surface area contributed by atoms with Gasteiger partial charge in [-0.3, -0.25) is 0 Å². The van der Waals surface area contributed by atoms with Crippen LogP contribution in [-0.2, 0) is 13.3 Å². The monoisotopic (exact) mass is 320 g/mol. The van der Waals surface area contributed by atoms with Crippen LogP contribution >= 0.6 is 0 Å². The number of nitrogens with two attached hydrogens (primary N) is 1. The van der Waals surface area contributed by atoms with Crippen LogP contribution < -0.4 is 11.1 Å². The lowest BCUT2D eigenvalue weighted by atomic mass is 10.3. The van der Waals surface area contributed by atoms with Crippen LogP contribution in [0.3, 0.4) is 0 Å². The molecule has 0 heterocycles. The van der Waals surface area contributed by atoms with Gasteiger partial charge in [-0.05, 0) is 51.7 Å². The third kappa shape index (κ3) is 11.3. The van der Waals surface area contributed by atoms with Crippen LogP contribution in [0.15, 0.2) is 0 Å². The van der Waals surface area contributed by atoms with E-state index in [9.17, 15) is 0 Å². The summed E-state index contributed by atoms with van der Waals surface area (Å²) in [6, 6.07) is 0.843. The van der Waals surface area contributed by atoms with Crippen molar-refractivity contribution in [3.8, 4) is 0 Å². The van der Waals surface area contributed by atoms with Gasteiger partial charge in [-0.15, -0.1) is 0 Å². The zero-order chi connectivity index (χ0) is 15.8. The minimum Gasteiger partial charge on any atom is -0.373 e. The minimum atomic E-state index is -2.51. The summed E-state index contributed by atoms with van der Waals surface area (Å²) >= 11 is 0. The van der Waals surface area contributed by atoms with Gasteiger partial charge in [0.25, 0.3) is 0 Å². The predicted molar refractivity (Wildman–Crippen MR) is 90.4 cm³/mol. The summed E-state index contributed by atoms with van der Waals surface area (Å²) in [5, 5.41) is 3.44. The average molecular weight is 321 g/mol. The van der Waals surface area contributed by atoms with Crippen LogP contribution in [0.4, 0.5) is 0 Å². The van der Waals surface area contributed by atoms with Gasteiger partial charge >= 0.3 is 8.80 Å². The van der Waals surface area contributed by atoms with E-state index in [-0.39, 0.29) is 0 Å². The first kappa shape index (κ1) is 21.0. The maximum Gasteiger partial charge on any atom is 0.502 e. The molecule has 128 valence electrons. The summed E-state index contributed by atoms with van der Waals surface area (Å²) in [7, 11) is -2.51. The van der Waals surface area contributed by atoms with E-state index in [1.165, 1.54) is 0 Å². The molecule has 0 atom stereocenters. The largest absolute Gasteiger partial charge is 0.502 e. The number of nitrogens with one attached hydrogen (secondary N) is 1. The van der Waals surface area contributed by atoms with Gasteiger partial charge in [0.1, 0.15) is 0 Å². The lowest BCUT2D eigenvalue weighted by Gasteiger charge is -2.29. The molecule has 0 amide bonds. The molecule has 0 aliphatic carbocycles. The van der Waals surface area contributed by atoms with E-state index in [0.29, 0.717) is 19.8 Å². The molecular formula is C15H36N2O3Si. The van der Waals surface area contributed by atoms with Crippen LogP contribution in [0.25, 0.3) is 0 Å². The topological polar surface area (TPSA) is 65.7 Å². The highest BCUT2D eigenvalue weighted by Gasteiger charge is 2.40. The Balaban J connectivity index is 4.28. The van der Waals surface area contributed by atoms with E-state index in [1.54, 1.807) is 0 Å². The van der Waals surface area contributed by atoms with Crippen molar-refractivity contribution >= 4 is 8.80 Å². The van der Waals surface area contributed by atoms with Gasteiger partial charge in [-0.1, -0.05) is 20.8 Å². The average Bonchev–Trinajstić information content (AvgIpc) is 2.51. The van der Waals surface area contributed by atoms with E-state index in [4.69, 9.17) is 19.0 Å². The molecule has 0 saturated heterocycles. The highest BCUT2D eigenvalue weighted by Crippen LogP contribution is 2.17. The second-order valence-electron chi connectivity index (χ2n) is 5.22. The molecule has 0 spiro atoms. The van der Waals surface area contributed by atoms with Crippen molar-refractivity contribution in [1.29, 1.82) is 0 Å². The minimum absolute atomic E-state index is 0.715. The summed E-state index contributed by atoms with van der Waals surface area (Å²) in [6.07, 6.45) is 5.16. The van der Waals surface area contributed by atoms with Crippen molar-refractivity contribution in [3.05, 3.63) is 0 Å². The summed E-state index contributed by atoms with van der Waals surface area (Å²) in [5.74, 6) is 0. The Morgan fingerprint density at radius 1 is 0.810 bits per heavy atom. The molecule has 0 fully saturated rings. The Morgan fingerprint density at radius 3 is 1.76 bits per heavy atom. The number of rotatable bonds is 16. The molecular weight excluding hydrogens is 284 g/mol.